The molecule has 2 nitrogen and oxygen atoms in total. The largest absolute Gasteiger partial charge is 0.404 e. The molecule has 0 spiro atoms. The van der Waals surface area contributed by atoms with Crippen LogP contribution in [0.1, 0.15) is 33.6 Å². The van der Waals surface area contributed by atoms with Gasteiger partial charge in [0.1, 0.15) is 0 Å². The lowest BCUT2D eigenvalue weighted by atomic mass is 9.91. The molecule has 3 heteroatoms. The molecule has 23 heavy (non-hydrogen) atoms. The van der Waals surface area contributed by atoms with Gasteiger partial charge in [0.2, 0.25) is 0 Å². The topological polar surface area (TPSA) is 35.2 Å². The summed E-state index contributed by atoms with van der Waals surface area (Å²) in [6.45, 7) is 6.95. The molecular weight excluding hydrogens is 298 g/mol. The lowest BCUT2D eigenvalue weighted by molar-refractivity contribution is 0.0907. The van der Waals surface area contributed by atoms with Gasteiger partial charge in [0.05, 0.1) is 0 Å². The minimum absolute atomic E-state index is 0.0510. The van der Waals surface area contributed by atoms with Gasteiger partial charge in [-0.1, -0.05) is 81.4 Å². The van der Waals surface area contributed by atoms with E-state index in [0.717, 1.165) is 12.8 Å². The van der Waals surface area contributed by atoms with Crippen molar-refractivity contribution < 1.29 is 4.43 Å². The van der Waals surface area contributed by atoms with Gasteiger partial charge in [-0.05, 0) is 28.3 Å². The quantitative estimate of drug-likeness (QED) is 0.877. The van der Waals surface area contributed by atoms with Gasteiger partial charge in [-0.15, -0.1) is 0 Å². The van der Waals surface area contributed by atoms with E-state index in [9.17, 15) is 0 Å². The van der Waals surface area contributed by atoms with E-state index in [1.54, 1.807) is 0 Å². The molecule has 2 aromatic carbocycles. The van der Waals surface area contributed by atoms with Gasteiger partial charge < -0.3 is 10.2 Å². The van der Waals surface area contributed by atoms with Gasteiger partial charge in [-0.25, -0.2) is 0 Å². The molecule has 0 saturated heterocycles. The molecule has 0 amide bonds. The molecule has 1 fully saturated rings. The van der Waals surface area contributed by atoms with Gasteiger partial charge in [0.15, 0.2) is 0 Å². The molecule has 0 unspecified atom stereocenters. The maximum absolute atomic E-state index is 6.94. The van der Waals surface area contributed by atoms with Crippen molar-refractivity contribution in [3.63, 3.8) is 0 Å². The lowest BCUT2D eigenvalue weighted by Gasteiger charge is -2.48. The van der Waals surface area contributed by atoms with Crippen molar-refractivity contribution >= 4 is 18.7 Å². The summed E-state index contributed by atoms with van der Waals surface area (Å²) >= 11 is 0. The molecule has 0 heterocycles. The van der Waals surface area contributed by atoms with Crippen molar-refractivity contribution in [1.29, 1.82) is 0 Å². The van der Waals surface area contributed by atoms with Crippen molar-refractivity contribution in [3.8, 4) is 0 Å². The maximum atomic E-state index is 6.94. The van der Waals surface area contributed by atoms with E-state index in [-0.39, 0.29) is 11.1 Å². The molecule has 0 atom stereocenters. The summed E-state index contributed by atoms with van der Waals surface area (Å²) < 4.78 is 6.94. The lowest BCUT2D eigenvalue weighted by Crippen LogP contribution is -2.69. The Morgan fingerprint density at radius 2 is 1.30 bits per heavy atom. The molecule has 0 aliphatic heterocycles. The first kappa shape index (κ1) is 16.4. The van der Waals surface area contributed by atoms with Gasteiger partial charge >= 0.3 is 0 Å². The third-order valence-corrected chi connectivity index (χ3v) is 9.98. The first-order valence-electron chi connectivity index (χ1n) is 8.48. The Hall–Kier alpha value is -1.42. The Morgan fingerprint density at radius 1 is 0.870 bits per heavy atom. The van der Waals surface area contributed by atoms with Crippen molar-refractivity contribution in [2.75, 3.05) is 0 Å². The van der Waals surface area contributed by atoms with Crippen LogP contribution >= 0.6 is 0 Å². The van der Waals surface area contributed by atoms with Gasteiger partial charge in [0, 0.05) is 12.1 Å². The van der Waals surface area contributed by atoms with Crippen LogP contribution in [0.25, 0.3) is 0 Å². The average Bonchev–Trinajstić information content (AvgIpc) is 2.51. The Balaban J connectivity index is 2.13. The average molecular weight is 326 g/mol. The number of rotatable bonds is 4. The van der Waals surface area contributed by atoms with Crippen LogP contribution in [0.5, 0.6) is 0 Å². The molecule has 2 N–H and O–H groups in total. The third-order valence-electron chi connectivity index (χ3n) is 4.89. The predicted molar refractivity (Wildman–Crippen MR) is 99.7 cm³/mol. The van der Waals surface area contributed by atoms with Crippen LogP contribution in [0.4, 0.5) is 0 Å². The van der Waals surface area contributed by atoms with Crippen molar-refractivity contribution in [2.24, 2.45) is 5.73 Å². The zero-order chi connectivity index (χ0) is 16.5. The minimum Gasteiger partial charge on any atom is -0.404 e. The van der Waals surface area contributed by atoms with Crippen LogP contribution in [-0.2, 0) is 4.43 Å². The van der Waals surface area contributed by atoms with Crippen molar-refractivity contribution in [3.05, 3.63) is 60.7 Å². The number of hydrogen-bond acceptors (Lipinski definition) is 2. The van der Waals surface area contributed by atoms with E-state index >= 15 is 0 Å². The second-order valence-corrected chi connectivity index (χ2v) is 11.9. The standard InChI is InChI=1S/C20H27NOSi/c1-20(2,3)23(18-10-6-4-7-11-18,19-12-8-5-9-13-19)22-17-14-16(21)15-17/h4-13,16-17H,14-15,21H2,1-3H3/t16-,17+. The van der Waals surface area contributed by atoms with Crippen LogP contribution in [-0.4, -0.2) is 20.5 Å². The fourth-order valence-corrected chi connectivity index (χ4v) is 8.35. The molecule has 2 aromatic rings. The zero-order valence-electron chi connectivity index (χ0n) is 14.3. The van der Waals surface area contributed by atoms with Crippen LogP contribution in [0.2, 0.25) is 5.04 Å². The van der Waals surface area contributed by atoms with Crippen LogP contribution in [0, 0.1) is 0 Å². The summed E-state index contributed by atoms with van der Waals surface area (Å²) in [5.41, 5.74) is 6.01. The Kier molecular flexibility index (Phi) is 4.45. The monoisotopic (exact) mass is 325 g/mol. The summed E-state index contributed by atoms with van der Waals surface area (Å²) in [5.74, 6) is 0. The summed E-state index contributed by atoms with van der Waals surface area (Å²) in [7, 11) is -2.37. The fraction of sp³-hybridized carbons (Fsp3) is 0.400. The number of nitrogens with two attached hydrogens (primary N) is 1. The normalized spacial score (nSPS) is 21.7. The maximum Gasteiger partial charge on any atom is 0.261 e. The first-order valence-corrected chi connectivity index (χ1v) is 10.4. The fourth-order valence-electron chi connectivity index (χ4n) is 3.64. The zero-order valence-corrected chi connectivity index (χ0v) is 15.3. The Morgan fingerprint density at radius 3 is 1.65 bits per heavy atom. The smallest absolute Gasteiger partial charge is 0.261 e. The predicted octanol–water partition coefficient (Wildman–Crippen LogP) is 3.05. The second-order valence-electron chi connectivity index (χ2n) is 7.63. The van der Waals surface area contributed by atoms with Crippen molar-refractivity contribution in [2.45, 2.75) is 50.8 Å². The number of benzene rings is 2. The van der Waals surface area contributed by atoms with E-state index in [4.69, 9.17) is 10.2 Å². The highest BCUT2D eigenvalue weighted by molar-refractivity contribution is 6.99. The summed E-state index contributed by atoms with van der Waals surface area (Å²) in [6, 6.07) is 21.9. The van der Waals surface area contributed by atoms with E-state index < -0.39 is 8.32 Å². The first-order chi connectivity index (χ1) is 10.9. The van der Waals surface area contributed by atoms with Crippen LogP contribution in [0.15, 0.2) is 60.7 Å². The highest BCUT2D eigenvalue weighted by Crippen LogP contribution is 2.39. The summed E-state index contributed by atoms with van der Waals surface area (Å²) in [4.78, 5) is 0. The van der Waals surface area contributed by atoms with Gasteiger partial charge in [-0.2, -0.15) is 0 Å². The molecule has 0 aromatic heterocycles. The molecule has 122 valence electrons. The summed E-state index contributed by atoms with van der Waals surface area (Å²) in [6.07, 6.45) is 2.24. The molecule has 1 aliphatic carbocycles. The van der Waals surface area contributed by atoms with Crippen LogP contribution in [0.3, 0.4) is 0 Å². The number of hydrogen-bond donors (Lipinski definition) is 1. The molecule has 1 aliphatic rings. The van der Waals surface area contributed by atoms with E-state index in [1.807, 2.05) is 0 Å². The Labute approximate surface area is 140 Å². The Bertz CT molecular complexity index is 590. The highest BCUT2D eigenvalue weighted by atomic mass is 28.4. The molecule has 1 saturated carbocycles. The van der Waals surface area contributed by atoms with E-state index in [0.29, 0.717) is 6.04 Å². The molecule has 0 bridgehead atoms. The van der Waals surface area contributed by atoms with Gasteiger partial charge in [-0.3, -0.25) is 0 Å². The summed E-state index contributed by atoms with van der Waals surface area (Å²) in [5, 5.41) is 2.74. The SMILES string of the molecule is CC(C)(C)[Si](O[C@H]1C[C@@H](N)C1)(c1ccccc1)c1ccccc1. The van der Waals surface area contributed by atoms with Gasteiger partial charge in [0.25, 0.3) is 8.32 Å². The van der Waals surface area contributed by atoms with Crippen molar-refractivity contribution in [1.82, 2.24) is 0 Å². The van der Waals surface area contributed by atoms with E-state index in [2.05, 4.69) is 81.4 Å². The molecular formula is C20H27NOSi. The second kappa shape index (κ2) is 6.23. The third kappa shape index (κ3) is 3.01. The minimum atomic E-state index is -2.37. The van der Waals surface area contributed by atoms with E-state index in [1.165, 1.54) is 10.4 Å². The molecule has 3 rings (SSSR count). The molecule has 0 radical (unpaired) electrons. The van der Waals surface area contributed by atoms with Crippen LogP contribution < -0.4 is 16.1 Å². The highest BCUT2D eigenvalue weighted by Gasteiger charge is 2.52.